The standard InChI is InChI=1S/C31H34ClN3O4S/c32-26-11-7-10-25(18-26)20-34(30(36)22-40-21-24-14-16-28(17-15-24)35(38)39)29(19-23-8-3-1-4-9-23)31(37)33-27-12-5-2-6-13-27/h1,3-4,7-11,14-18,27,29H,2,5-6,12-13,19-22H2,(H,33,37)/t29-/m1/s1. The summed E-state index contributed by atoms with van der Waals surface area (Å²) in [6.45, 7) is 0.257. The van der Waals surface area contributed by atoms with Gasteiger partial charge in [-0.3, -0.25) is 19.7 Å². The molecule has 4 rings (SSSR count). The van der Waals surface area contributed by atoms with Crippen molar-refractivity contribution in [3.05, 3.63) is 111 Å². The molecule has 1 N–H and O–H groups in total. The molecule has 40 heavy (non-hydrogen) atoms. The Hall–Kier alpha value is -3.36. The van der Waals surface area contributed by atoms with Gasteiger partial charge < -0.3 is 10.2 Å². The fourth-order valence-electron chi connectivity index (χ4n) is 4.98. The maximum atomic E-state index is 13.8. The number of nitrogens with one attached hydrogen (secondary N) is 1. The molecule has 0 heterocycles. The second-order valence-corrected chi connectivity index (χ2v) is 11.5. The van der Waals surface area contributed by atoms with Gasteiger partial charge >= 0.3 is 0 Å². The summed E-state index contributed by atoms with van der Waals surface area (Å²) in [6.07, 6.45) is 5.69. The van der Waals surface area contributed by atoms with Crippen LogP contribution in [0.1, 0.15) is 48.8 Å². The molecule has 1 aliphatic carbocycles. The second kappa shape index (κ2) is 14.9. The molecule has 0 aromatic heterocycles. The lowest BCUT2D eigenvalue weighted by atomic mass is 9.94. The molecule has 0 radical (unpaired) electrons. The molecule has 0 aliphatic heterocycles. The van der Waals surface area contributed by atoms with Crippen LogP contribution in [0.3, 0.4) is 0 Å². The fourth-order valence-corrected chi connectivity index (χ4v) is 6.07. The molecule has 3 aromatic carbocycles. The number of nitro groups is 1. The van der Waals surface area contributed by atoms with Crippen LogP contribution in [-0.4, -0.2) is 39.5 Å². The van der Waals surface area contributed by atoms with Gasteiger partial charge in [-0.1, -0.05) is 85.5 Å². The Morgan fingerprint density at radius 1 is 0.950 bits per heavy atom. The third kappa shape index (κ3) is 8.83. The van der Waals surface area contributed by atoms with Crippen molar-refractivity contribution in [1.82, 2.24) is 10.2 Å². The van der Waals surface area contributed by atoms with Gasteiger partial charge in [0.25, 0.3) is 5.69 Å². The predicted molar refractivity (Wildman–Crippen MR) is 160 cm³/mol. The number of amides is 2. The summed E-state index contributed by atoms with van der Waals surface area (Å²) in [5, 5.41) is 14.8. The van der Waals surface area contributed by atoms with Crippen molar-refractivity contribution in [1.29, 1.82) is 0 Å². The topological polar surface area (TPSA) is 92.6 Å². The van der Waals surface area contributed by atoms with Crippen LogP contribution in [0.2, 0.25) is 5.02 Å². The molecular weight excluding hydrogens is 546 g/mol. The molecule has 1 fully saturated rings. The van der Waals surface area contributed by atoms with Crippen LogP contribution in [0.4, 0.5) is 5.69 Å². The summed E-state index contributed by atoms with van der Waals surface area (Å²) in [5.74, 6) is 0.407. The number of rotatable bonds is 12. The summed E-state index contributed by atoms with van der Waals surface area (Å²) >= 11 is 7.68. The van der Waals surface area contributed by atoms with Gasteiger partial charge in [0.1, 0.15) is 6.04 Å². The average Bonchev–Trinajstić information content (AvgIpc) is 2.96. The van der Waals surface area contributed by atoms with Gasteiger partial charge in [0.2, 0.25) is 11.8 Å². The number of nitro benzene ring substituents is 1. The molecule has 9 heteroatoms. The van der Waals surface area contributed by atoms with Crippen LogP contribution in [0.5, 0.6) is 0 Å². The van der Waals surface area contributed by atoms with Crippen molar-refractivity contribution in [3.63, 3.8) is 0 Å². The van der Waals surface area contributed by atoms with Gasteiger partial charge in [-0.15, -0.1) is 11.8 Å². The molecule has 3 aromatic rings. The predicted octanol–water partition coefficient (Wildman–Crippen LogP) is 6.57. The summed E-state index contributed by atoms with van der Waals surface area (Å²) in [7, 11) is 0. The van der Waals surface area contributed by atoms with Crippen molar-refractivity contribution < 1.29 is 14.5 Å². The maximum absolute atomic E-state index is 13.8. The van der Waals surface area contributed by atoms with Crippen molar-refractivity contribution in [2.45, 2.75) is 62.9 Å². The highest BCUT2D eigenvalue weighted by Crippen LogP contribution is 2.22. The van der Waals surface area contributed by atoms with E-state index < -0.39 is 11.0 Å². The second-order valence-electron chi connectivity index (χ2n) is 10.1. The van der Waals surface area contributed by atoms with Gasteiger partial charge in [-0.25, -0.2) is 0 Å². The molecule has 0 unspecified atom stereocenters. The number of carbonyl (C=O) groups is 2. The Kier molecular flexibility index (Phi) is 11.0. The van der Waals surface area contributed by atoms with Crippen molar-refractivity contribution in [2.24, 2.45) is 0 Å². The Morgan fingerprint density at radius 2 is 1.65 bits per heavy atom. The lowest BCUT2D eigenvalue weighted by Gasteiger charge is -2.33. The van der Waals surface area contributed by atoms with Gasteiger partial charge in [0.15, 0.2) is 0 Å². The molecule has 0 bridgehead atoms. The maximum Gasteiger partial charge on any atom is 0.269 e. The van der Waals surface area contributed by atoms with E-state index in [1.54, 1.807) is 23.1 Å². The summed E-state index contributed by atoms with van der Waals surface area (Å²) in [4.78, 5) is 39.8. The summed E-state index contributed by atoms with van der Waals surface area (Å²) in [6, 6.07) is 22.9. The normalized spacial score (nSPS) is 14.3. The fraction of sp³-hybridized carbons (Fsp3) is 0.355. The van der Waals surface area contributed by atoms with E-state index in [9.17, 15) is 19.7 Å². The van der Waals surface area contributed by atoms with Gasteiger partial charge in [-0.05, 0) is 41.7 Å². The van der Waals surface area contributed by atoms with E-state index in [0.29, 0.717) is 17.2 Å². The van der Waals surface area contributed by atoms with Gasteiger partial charge in [-0.2, -0.15) is 0 Å². The third-order valence-corrected chi connectivity index (χ3v) is 8.33. The van der Waals surface area contributed by atoms with E-state index in [-0.39, 0.29) is 35.8 Å². The Bertz CT molecular complexity index is 1280. The largest absolute Gasteiger partial charge is 0.352 e. The molecule has 0 saturated heterocycles. The number of carbonyl (C=O) groups excluding carboxylic acids is 2. The van der Waals surface area contributed by atoms with E-state index in [0.717, 1.165) is 42.4 Å². The Morgan fingerprint density at radius 3 is 2.33 bits per heavy atom. The van der Waals surface area contributed by atoms with Crippen LogP contribution in [0, 0.1) is 10.1 Å². The number of non-ortho nitro benzene ring substituents is 1. The summed E-state index contributed by atoms with van der Waals surface area (Å²) < 4.78 is 0. The quantitative estimate of drug-likeness (QED) is 0.193. The third-order valence-electron chi connectivity index (χ3n) is 7.11. The van der Waals surface area contributed by atoms with Crippen LogP contribution < -0.4 is 5.32 Å². The first kappa shape index (κ1) is 29.6. The number of benzene rings is 3. The Labute approximate surface area is 244 Å². The van der Waals surface area contributed by atoms with Crippen LogP contribution in [0.15, 0.2) is 78.9 Å². The highest BCUT2D eigenvalue weighted by atomic mass is 35.5. The zero-order valence-electron chi connectivity index (χ0n) is 22.3. The molecule has 2 amide bonds. The minimum atomic E-state index is -0.684. The molecule has 1 aliphatic rings. The molecule has 7 nitrogen and oxygen atoms in total. The van der Waals surface area contributed by atoms with E-state index in [4.69, 9.17) is 11.6 Å². The van der Waals surface area contributed by atoms with E-state index >= 15 is 0 Å². The molecule has 0 spiro atoms. The molecule has 1 atom stereocenters. The number of hydrogen-bond acceptors (Lipinski definition) is 5. The smallest absolute Gasteiger partial charge is 0.269 e. The number of hydrogen-bond donors (Lipinski definition) is 1. The highest BCUT2D eigenvalue weighted by molar-refractivity contribution is 7.99. The number of nitrogens with zero attached hydrogens (tertiary/aromatic N) is 2. The van der Waals surface area contributed by atoms with E-state index in [1.807, 2.05) is 48.5 Å². The molecular formula is C31H34ClN3O4S. The van der Waals surface area contributed by atoms with E-state index in [1.165, 1.54) is 30.3 Å². The molecule has 1 saturated carbocycles. The Balaban J connectivity index is 1.54. The van der Waals surface area contributed by atoms with Crippen molar-refractivity contribution in [3.8, 4) is 0 Å². The number of thioether (sulfide) groups is 1. The lowest BCUT2D eigenvalue weighted by molar-refractivity contribution is -0.384. The van der Waals surface area contributed by atoms with Gasteiger partial charge in [0.05, 0.1) is 10.7 Å². The first-order valence-corrected chi connectivity index (χ1v) is 15.1. The highest BCUT2D eigenvalue weighted by Gasteiger charge is 2.31. The lowest BCUT2D eigenvalue weighted by Crippen LogP contribution is -2.53. The minimum Gasteiger partial charge on any atom is -0.352 e. The SMILES string of the molecule is O=C(NC1CCCCC1)[C@@H](Cc1ccccc1)N(Cc1cccc(Cl)c1)C(=O)CSCc1ccc([N+](=O)[O-])cc1. The first-order valence-electron chi connectivity index (χ1n) is 13.6. The summed E-state index contributed by atoms with van der Waals surface area (Å²) in [5.41, 5.74) is 2.75. The monoisotopic (exact) mass is 579 g/mol. The first-order chi connectivity index (χ1) is 19.4. The van der Waals surface area contributed by atoms with Crippen LogP contribution >= 0.6 is 23.4 Å². The zero-order valence-corrected chi connectivity index (χ0v) is 23.9. The van der Waals surface area contributed by atoms with Crippen molar-refractivity contribution in [2.75, 3.05) is 5.75 Å². The van der Waals surface area contributed by atoms with E-state index in [2.05, 4.69) is 5.32 Å². The number of halogens is 1. The zero-order chi connectivity index (χ0) is 28.3. The average molecular weight is 580 g/mol. The van der Waals surface area contributed by atoms with Crippen molar-refractivity contribution >= 4 is 40.9 Å². The van der Waals surface area contributed by atoms with Crippen LogP contribution in [-0.2, 0) is 28.3 Å². The van der Waals surface area contributed by atoms with Crippen LogP contribution in [0.25, 0.3) is 0 Å². The molecule has 210 valence electrons. The minimum absolute atomic E-state index is 0.0326. The van der Waals surface area contributed by atoms with Gasteiger partial charge in [0, 0.05) is 41.9 Å².